The number of nitrogens with zero attached hydrogens (tertiary/aromatic N) is 2. The second kappa shape index (κ2) is 8.16. The lowest BCUT2D eigenvalue weighted by Gasteiger charge is -2.14. The third kappa shape index (κ3) is 3.77. The van der Waals surface area contributed by atoms with Crippen LogP contribution in [0.5, 0.6) is 5.75 Å². The minimum atomic E-state index is -0.714. The van der Waals surface area contributed by atoms with E-state index in [2.05, 4.69) is 10.3 Å². The number of carbonyl (C=O) groups excluding carboxylic acids is 1. The number of halogens is 1. The van der Waals surface area contributed by atoms with E-state index in [1.54, 1.807) is 12.1 Å². The fourth-order valence-corrected chi connectivity index (χ4v) is 3.25. The molecule has 2 N–H and O–H groups in total. The molecule has 0 saturated carbocycles. The van der Waals surface area contributed by atoms with Crippen molar-refractivity contribution >= 4 is 16.9 Å². The van der Waals surface area contributed by atoms with E-state index in [1.807, 2.05) is 30.3 Å². The Morgan fingerprint density at radius 1 is 1.00 bits per heavy atom. The Morgan fingerprint density at radius 3 is 2.47 bits per heavy atom. The average Bonchev–Trinajstić information content (AvgIpc) is 2.77. The van der Waals surface area contributed by atoms with E-state index in [0.29, 0.717) is 16.6 Å². The maximum atomic E-state index is 13.2. The molecule has 0 saturated heterocycles. The van der Waals surface area contributed by atoms with E-state index >= 15 is 0 Å². The molecule has 2 aromatic heterocycles. The van der Waals surface area contributed by atoms with Crippen LogP contribution in [0.1, 0.15) is 21.5 Å². The Hall–Kier alpha value is -4.00. The van der Waals surface area contributed by atoms with Gasteiger partial charge in [0.25, 0.3) is 11.5 Å². The average molecular weight is 403 g/mol. The molecule has 0 radical (unpaired) electrons. The topological polar surface area (TPSA) is 84.2 Å². The van der Waals surface area contributed by atoms with Gasteiger partial charge in [0.1, 0.15) is 22.8 Å². The number of benzene rings is 2. The number of rotatable bonds is 5. The monoisotopic (exact) mass is 403 g/mol. The predicted molar refractivity (Wildman–Crippen MR) is 111 cm³/mol. The van der Waals surface area contributed by atoms with Crippen molar-refractivity contribution in [1.29, 1.82) is 0 Å². The molecule has 2 heterocycles. The van der Waals surface area contributed by atoms with Crippen LogP contribution in [0.25, 0.3) is 11.0 Å². The van der Waals surface area contributed by atoms with Gasteiger partial charge in [-0.2, -0.15) is 0 Å². The molecule has 0 bridgehead atoms. The minimum absolute atomic E-state index is 0.0851. The van der Waals surface area contributed by atoms with Crippen LogP contribution in [0.4, 0.5) is 4.39 Å². The quantitative estimate of drug-likeness (QED) is 0.536. The van der Waals surface area contributed by atoms with E-state index in [1.165, 1.54) is 35.0 Å². The number of fused-ring (bicyclic) bond motifs is 1. The first kappa shape index (κ1) is 19.3. The van der Waals surface area contributed by atoms with Crippen LogP contribution >= 0.6 is 0 Å². The van der Waals surface area contributed by atoms with Gasteiger partial charge in [-0.3, -0.25) is 14.2 Å². The number of nitrogens with one attached hydrogen (secondary N) is 1. The highest BCUT2D eigenvalue weighted by Crippen LogP contribution is 2.25. The van der Waals surface area contributed by atoms with Crippen molar-refractivity contribution in [2.75, 3.05) is 0 Å². The molecule has 4 aromatic rings. The fourth-order valence-electron chi connectivity index (χ4n) is 3.25. The number of hydrogen-bond acceptors (Lipinski definition) is 4. The molecule has 0 unspecified atom stereocenters. The number of pyridine rings is 2. The Kier molecular flexibility index (Phi) is 5.26. The molecule has 0 fully saturated rings. The Balaban J connectivity index is 1.74. The summed E-state index contributed by atoms with van der Waals surface area (Å²) in [4.78, 5) is 30.2. The van der Waals surface area contributed by atoms with Crippen molar-refractivity contribution in [2.45, 2.75) is 13.1 Å². The van der Waals surface area contributed by atoms with E-state index in [-0.39, 0.29) is 24.5 Å². The number of amides is 1. The van der Waals surface area contributed by atoms with Gasteiger partial charge in [0, 0.05) is 12.7 Å². The van der Waals surface area contributed by atoms with Gasteiger partial charge in [0.05, 0.1) is 11.9 Å². The van der Waals surface area contributed by atoms with Crippen LogP contribution in [0.2, 0.25) is 0 Å². The molecule has 0 aliphatic heterocycles. The lowest BCUT2D eigenvalue weighted by molar-refractivity contribution is 0.0946. The summed E-state index contributed by atoms with van der Waals surface area (Å²) in [5.74, 6) is -1.51. The van der Waals surface area contributed by atoms with Crippen LogP contribution in [-0.2, 0) is 13.1 Å². The van der Waals surface area contributed by atoms with Gasteiger partial charge >= 0.3 is 0 Å². The van der Waals surface area contributed by atoms with Gasteiger partial charge in [0.2, 0.25) is 0 Å². The van der Waals surface area contributed by atoms with Gasteiger partial charge in [0.15, 0.2) is 0 Å². The van der Waals surface area contributed by atoms with Crippen molar-refractivity contribution in [3.63, 3.8) is 0 Å². The second-order valence-corrected chi connectivity index (χ2v) is 6.78. The Bertz CT molecular complexity index is 1270. The molecule has 150 valence electrons. The number of aromatic hydroxyl groups is 1. The molecule has 6 nitrogen and oxygen atoms in total. The summed E-state index contributed by atoms with van der Waals surface area (Å²) in [6, 6.07) is 18.2. The first-order valence-electron chi connectivity index (χ1n) is 9.31. The predicted octanol–water partition coefficient (Wildman–Crippen LogP) is 3.22. The summed E-state index contributed by atoms with van der Waals surface area (Å²) in [7, 11) is 0. The molecule has 30 heavy (non-hydrogen) atoms. The third-order valence-corrected chi connectivity index (χ3v) is 4.77. The van der Waals surface area contributed by atoms with E-state index in [4.69, 9.17) is 0 Å². The molecule has 1 amide bonds. The summed E-state index contributed by atoms with van der Waals surface area (Å²) in [5, 5.41) is 13.6. The molecular weight excluding hydrogens is 385 g/mol. The Morgan fingerprint density at radius 2 is 1.73 bits per heavy atom. The molecule has 4 rings (SSSR count). The lowest BCUT2D eigenvalue weighted by Crippen LogP contribution is -2.33. The summed E-state index contributed by atoms with van der Waals surface area (Å²) >= 11 is 0. The highest BCUT2D eigenvalue weighted by molar-refractivity contribution is 6.01. The fraction of sp³-hybridized carbons (Fsp3) is 0.0870. The zero-order chi connectivity index (χ0) is 21.1. The van der Waals surface area contributed by atoms with Gasteiger partial charge in [-0.05, 0) is 35.4 Å². The van der Waals surface area contributed by atoms with Crippen LogP contribution in [-0.4, -0.2) is 20.6 Å². The van der Waals surface area contributed by atoms with E-state index in [0.717, 1.165) is 5.56 Å². The lowest BCUT2D eigenvalue weighted by atomic mass is 10.1. The molecule has 7 heteroatoms. The van der Waals surface area contributed by atoms with Gasteiger partial charge in [-0.1, -0.05) is 42.5 Å². The molecule has 0 aliphatic rings. The first-order valence-corrected chi connectivity index (χ1v) is 9.31. The standard InChI is InChI=1S/C23H18FN3O3/c24-17-10-8-15(9-11-17)13-26-22(29)19-20(28)18-7-4-12-25-21(18)27(23(19)30)14-16-5-2-1-3-6-16/h1-12,28H,13-14H2,(H,26,29). The maximum Gasteiger partial charge on any atom is 0.269 e. The highest BCUT2D eigenvalue weighted by Gasteiger charge is 2.22. The molecule has 0 atom stereocenters. The first-order chi connectivity index (χ1) is 14.5. The molecular formula is C23H18FN3O3. The highest BCUT2D eigenvalue weighted by atomic mass is 19.1. The number of aromatic nitrogens is 2. The van der Waals surface area contributed by atoms with Crippen molar-refractivity contribution in [3.8, 4) is 5.75 Å². The van der Waals surface area contributed by atoms with Crippen LogP contribution < -0.4 is 10.9 Å². The van der Waals surface area contributed by atoms with Crippen LogP contribution in [0, 0.1) is 5.82 Å². The summed E-state index contributed by atoms with van der Waals surface area (Å²) in [6.45, 7) is 0.285. The van der Waals surface area contributed by atoms with E-state index < -0.39 is 17.2 Å². The number of carbonyl (C=O) groups is 1. The zero-order valence-corrected chi connectivity index (χ0v) is 15.9. The molecule has 0 aliphatic carbocycles. The summed E-state index contributed by atoms with van der Waals surface area (Å²) in [5.41, 5.74) is 0.817. The van der Waals surface area contributed by atoms with Gasteiger partial charge < -0.3 is 10.4 Å². The zero-order valence-electron chi connectivity index (χ0n) is 15.9. The smallest absolute Gasteiger partial charge is 0.269 e. The van der Waals surface area contributed by atoms with Crippen LogP contribution in [0.15, 0.2) is 77.7 Å². The normalized spacial score (nSPS) is 10.8. The SMILES string of the molecule is O=C(NCc1ccc(F)cc1)c1c(O)c2cccnc2n(Cc2ccccc2)c1=O. The van der Waals surface area contributed by atoms with Crippen molar-refractivity contribution in [1.82, 2.24) is 14.9 Å². The summed E-state index contributed by atoms with van der Waals surface area (Å²) in [6.07, 6.45) is 1.52. The number of hydrogen-bond donors (Lipinski definition) is 2. The molecule has 2 aromatic carbocycles. The van der Waals surface area contributed by atoms with Crippen LogP contribution in [0.3, 0.4) is 0 Å². The van der Waals surface area contributed by atoms with Crippen molar-refractivity contribution < 1.29 is 14.3 Å². The maximum absolute atomic E-state index is 13.2. The van der Waals surface area contributed by atoms with Gasteiger partial charge in [-0.25, -0.2) is 9.37 Å². The summed E-state index contributed by atoms with van der Waals surface area (Å²) < 4.78 is 14.4. The molecule has 0 spiro atoms. The van der Waals surface area contributed by atoms with Crippen molar-refractivity contribution in [2.24, 2.45) is 0 Å². The third-order valence-electron chi connectivity index (χ3n) is 4.77. The van der Waals surface area contributed by atoms with Crippen molar-refractivity contribution in [3.05, 3.63) is 106 Å². The van der Waals surface area contributed by atoms with E-state index in [9.17, 15) is 19.1 Å². The largest absolute Gasteiger partial charge is 0.506 e. The minimum Gasteiger partial charge on any atom is -0.506 e. The second-order valence-electron chi connectivity index (χ2n) is 6.78. The van der Waals surface area contributed by atoms with Gasteiger partial charge in [-0.15, -0.1) is 0 Å². The Labute approximate surface area is 171 Å².